The summed E-state index contributed by atoms with van der Waals surface area (Å²) in [4.78, 5) is 4.47. The number of methoxy groups -OCH3 is 1. The van der Waals surface area contributed by atoms with Gasteiger partial charge in [0.25, 0.3) is 5.89 Å². The Labute approximate surface area is 158 Å². The van der Waals surface area contributed by atoms with Gasteiger partial charge in [0.05, 0.1) is 13.2 Å². The van der Waals surface area contributed by atoms with E-state index in [1.54, 1.807) is 7.11 Å². The Balaban J connectivity index is 0.00000243. The Morgan fingerprint density at radius 2 is 1.73 bits per heavy atom. The van der Waals surface area contributed by atoms with Crippen molar-refractivity contribution in [2.24, 2.45) is 5.73 Å². The van der Waals surface area contributed by atoms with Crippen molar-refractivity contribution in [2.75, 3.05) is 7.11 Å². The number of rotatable bonds is 6. The van der Waals surface area contributed by atoms with Crippen molar-refractivity contribution in [1.82, 2.24) is 10.1 Å². The molecule has 0 aliphatic rings. The molecular formula is C19H22ClN3O3. The van der Waals surface area contributed by atoms with Crippen molar-refractivity contribution in [2.45, 2.75) is 26.5 Å². The second-order valence-corrected chi connectivity index (χ2v) is 5.86. The summed E-state index contributed by atoms with van der Waals surface area (Å²) >= 11 is 0. The van der Waals surface area contributed by atoms with E-state index in [9.17, 15) is 0 Å². The molecule has 0 bridgehead atoms. The highest BCUT2D eigenvalue weighted by atomic mass is 35.5. The Hall–Kier alpha value is -2.57. The number of ether oxygens (including phenoxy) is 2. The van der Waals surface area contributed by atoms with E-state index in [1.165, 1.54) is 0 Å². The third kappa shape index (κ3) is 4.33. The van der Waals surface area contributed by atoms with Gasteiger partial charge < -0.3 is 19.7 Å². The maximum atomic E-state index is 5.72. The van der Waals surface area contributed by atoms with Crippen LogP contribution in [-0.2, 0) is 6.54 Å². The SMILES string of the molecule is COc1cc(-c2nc(-c3ccc(CN)cc3)no2)ccc1OC(C)C.Cl. The van der Waals surface area contributed by atoms with E-state index in [0.29, 0.717) is 29.8 Å². The Kier molecular flexibility index (Phi) is 6.60. The van der Waals surface area contributed by atoms with Gasteiger partial charge in [-0.3, -0.25) is 0 Å². The molecule has 26 heavy (non-hydrogen) atoms. The van der Waals surface area contributed by atoms with Gasteiger partial charge in [0.1, 0.15) is 0 Å². The first-order valence-corrected chi connectivity index (χ1v) is 8.09. The van der Waals surface area contributed by atoms with Crippen LogP contribution in [-0.4, -0.2) is 23.4 Å². The summed E-state index contributed by atoms with van der Waals surface area (Å²) in [5.74, 6) is 2.25. The van der Waals surface area contributed by atoms with Crippen molar-refractivity contribution in [3.63, 3.8) is 0 Å². The van der Waals surface area contributed by atoms with Crippen LogP contribution in [0.3, 0.4) is 0 Å². The standard InChI is InChI=1S/C19H21N3O3.ClH/c1-12(2)24-16-9-8-15(10-17(16)23-3)19-21-18(22-25-19)14-6-4-13(11-20)5-7-14;/h4-10,12H,11,20H2,1-3H3;1H. The smallest absolute Gasteiger partial charge is 0.258 e. The maximum Gasteiger partial charge on any atom is 0.258 e. The molecular weight excluding hydrogens is 354 g/mol. The fraction of sp³-hybridized carbons (Fsp3) is 0.263. The minimum Gasteiger partial charge on any atom is -0.493 e. The number of hydrogen-bond donors (Lipinski definition) is 1. The summed E-state index contributed by atoms with van der Waals surface area (Å²) in [5, 5.41) is 4.06. The highest BCUT2D eigenvalue weighted by Gasteiger charge is 2.14. The minimum absolute atomic E-state index is 0. The lowest BCUT2D eigenvalue weighted by atomic mass is 10.1. The first kappa shape index (κ1) is 19.8. The second-order valence-electron chi connectivity index (χ2n) is 5.86. The largest absolute Gasteiger partial charge is 0.493 e. The number of benzene rings is 2. The summed E-state index contributed by atoms with van der Waals surface area (Å²) in [5.41, 5.74) is 8.31. The van der Waals surface area contributed by atoms with Gasteiger partial charge in [0.15, 0.2) is 11.5 Å². The molecule has 1 aromatic heterocycles. The predicted octanol–water partition coefficient (Wildman–Crippen LogP) is 4.08. The van der Waals surface area contributed by atoms with Crippen LogP contribution >= 0.6 is 12.4 Å². The molecule has 0 saturated carbocycles. The van der Waals surface area contributed by atoms with E-state index in [2.05, 4.69) is 10.1 Å². The van der Waals surface area contributed by atoms with Gasteiger partial charge in [-0.1, -0.05) is 29.4 Å². The molecule has 0 amide bonds. The Bertz CT molecular complexity index is 847. The predicted molar refractivity (Wildman–Crippen MR) is 103 cm³/mol. The maximum absolute atomic E-state index is 5.72. The zero-order valence-electron chi connectivity index (χ0n) is 14.9. The molecule has 2 aromatic carbocycles. The number of aromatic nitrogens is 2. The summed E-state index contributed by atoms with van der Waals surface area (Å²) < 4.78 is 16.5. The Morgan fingerprint density at radius 1 is 1.04 bits per heavy atom. The zero-order chi connectivity index (χ0) is 17.8. The van der Waals surface area contributed by atoms with Gasteiger partial charge in [-0.25, -0.2) is 0 Å². The van der Waals surface area contributed by atoms with E-state index < -0.39 is 0 Å². The summed E-state index contributed by atoms with van der Waals surface area (Å²) in [7, 11) is 1.60. The molecule has 2 N–H and O–H groups in total. The summed E-state index contributed by atoms with van der Waals surface area (Å²) in [6.07, 6.45) is 0.0613. The third-order valence-corrected chi connectivity index (χ3v) is 3.65. The molecule has 0 unspecified atom stereocenters. The molecule has 3 rings (SSSR count). The highest BCUT2D eigenvalue weighted by molar-refractivity contribution is 5.85. The monoisotopic (exact) mass is 375 g/mol. The average Bonchev–Trinajstić information content (AvgIpc) is 3.12. The van der Waals surface area contributed by atoms with Crippen LogP contribution in [0.25, 0.3) is 22.8 Å². The lowest BCUT2D eigenvalue weighted by Crippen LogP contribution is -2.06. The number of nitrogens with zero attached hydrogens (tertiary/aromatic N) is 2. The van der Waals surface area contributed by atoms with Gasteiger partial charge in [-0.15, -0.1) is 12.4 Å². The lowest BCUT2D eigenvalue weighted by molar-refractivity contribution is 0.230. The second kappa shape index (κ2) is 8.69. The van der Waals surface area contributed by atoms with E-state index in [0.717, 1.165) is 16.7 Å². The van der Waals surface area contributed by atoms with Crippen LogP contribution in [0, 0.1) is 0 Å². The molecule has 6 nitrogen and oxygen atoms in total. The molecule has 7 heteroatoms. The number of hydrogen-bond acceptors (Lipinski definition) is 6. The van der Waals surface area contributed by atoms with Crippen LogP contribution in [0.4, 0.5) is 0 Å². The zero-order valence-corrected chi connectivity index (χ0v) is 15.7. The summed E-state index contributed by atoms with van der Waals surface area (Å²) in [6, 6.07) is 13.3. The van der Waals surface area contributed by atoms with Crippen molar-refractivity contribution < 1.29 is 14.0 Å². The highest BCUT2D eigenvalue weighted by Crippen LogP contribution is 2.33. The Morgan fingerprint density at radius 3 is 2.35 bits per heavy atom. The van der Waals surface area contributed by atoms with E-state index >= 15 is 0 Å². The van der Waals surface area contributed by atoms with Crippen LogP contribution in [0.5, 0.6) is 11.5 Å². The van der Waals surface area contributed by atoms with Crippen LogP contribution in [0.1, 0.15) is 19.4 Å². The normalized spacial score (nSPS) is 10.5. The molecule has 138 valence electrons. The minimum atomic E-state index is 0. The van der Waals surface area contributed by atoms with Crippen molar-refractivity contribution in [3.8, 4) is 34.3 Å². The molecule has 0 spiro atoms. The van der Waals surface area contributed by atoms with E-state index in [1.807, 2.05) is 56.3 Å². The molecule has 0 aliphatic carbocycles. The molecule has 0 atom stereocenters. The van der Waals surface area contributed by atoms with Gasteiger partial charge in [-0.2, -0.15) is 4.98 Å². The number of nitrogens with two attached hydrogens (primary N) is 1. The molecule has 1 heterocycles. The number of halogens is 1. The molecule has 3 aromatic rings. The van der Waals surface area contributed by atoms with Crippen molar-refractivity contribution in [1.29, 1.82) is 0 Å². The lowest BCUT2D eigenvalue weighted by Gasteiger charge is -2.13. The van der Waals surface area contributed by atoms with Crippen LogP contribution in [0.15, 0.2) is 47.0 Å². The van der Waals surface area contributed by atoms with Gasteiger partial charge in [0.2, 0.25) is 5.82 Å². The van der Waals surface area contributed by atoms with E-state index in [-0.39, 0.29) is 18.5 Å². The van der Waals surface area contributed by atoms with Crippen LogP contribution < -0.4 is 15.2 Å². The van der Waals surface area contributed by atoms with Gasteiger partial charge in [0, 0.05) is 17.7 Å². The van der Waals surface area contributed by atoms with Crippen molar-refractivity contribution >= 4 is 12.4 Å². The fourth-order valence-electron chi connectivity index (χ4n) is 2.40. The first-order valence-electron chi connectivity index (χ1n) is 8.09. The average molecular weight is 376 g/mol. The quantitative estimate of drug-likeness (QED) is 0.698. The molecule has 0 fully saturated rings. The van der Waals surface area contributed by atoms with Crippen LogP contribution in [0.2, 0.25) is 0 Å². The van der Waals surface area contributed by atoms with Gasteiger partial charge in [-0.05, 0) is 37.6 Å². The van der Waals surface area contributed by atoms with Gasteiger partial charge >= 0.3 is 0 Å². The molecule has 0 aliphatic heterocycles. The topological polar surface area (TPSA) is 83.4 Å². The van der Waals surface area contributed by atoms with E-state index in [4.69, 9.17) is 19.7 Å². The summed E-state index contributed by atoms with van der Waals surface area (Å²) in [6.45, 7) is 4.43. The van der Waals surface area contributed by atoms with Crippen molar-refractivity contribution in [3.05, 3.63) is 48.0 Å². The molecule has 0 saturated heterocycles. The first-order chi connectivity index (χ1) is 12.1. The third-order valence-electron chi connectivity index (χ3n) is 3.65. The fourth-order valence-corrected chi connectivity index (χ4v) is 2.40. The molecule has 0 radical (unpaired) electrons.